The molecule has 0 atom stereocenters. The number of aromatic nitrogens is 7. The molecule has 124 valence electrons. The van der Waals surface area contributed by atoms with Gasteiger partial charge in [-0.05, 0) is 25.7 Å². The molecule has 1 aliphatic heterocycles. The third-order valence-corrected chi connectivity index (χ3v) is 5.15. The minimum absolute atomic E-state index is 0.582. The van der Waals surface area contributed by atoms with E-state index >= 15 is 0 Å². The molecule has 0 amide bonds. The van der Waals surface area contributed by atoms with Crippen LogP contribution in [0.3, 0.4) is 0 Å². The Morgan fingerprint density at radius 3 is 3.12 bits per heavy atom. The van der Waals surface area contributed by atoms with Gasteiger partial charge in [-0.2, -0.15) is 9.47 Å². The molecule has 9 heteroatoms. The van der Waals surface area contributed by atoms with E-state index in [0.717, 1.165) is 41.3 Å². The summed E-state index contributed by atoms with van der Waals surface area (Å²) >= 11 is 1.41. The topological polar surface area (TPSA) is 86.3 Å². The van der Waals surface area contributed by atoms with Crippen molar-refractivity contribution in [2.75, 3.05) is 5.32 Å². The van der Waals surface area contributed by atoms with Crippen molar-refractivity contribution in [1.29, 1.82) is 0 Å². The van der Waals surface area contributed by atoms with Gasteiger partial charge in [0.1, 0.15) is 18.2 Å². The minimum atomic E-state index is 0.582. The first-order chi connectivity index (χ1) is 11.8. The summed E-state index contributed by atoms with van der Waals surface area (Å²) in [5.74, 6) is 3.64. The molecular weight excluding hydrogens is 324 g/mol. The predicted octanol–water partition coefficient (Wildman–Crippen LogP) is 2.33. The molecule has 1 fully saturated rings. The monoisotopic (exact) mass is 342 g/mol. The second-order valence-electron chi connectivity index (χ2n) is 6.42. The van der Waals surface area contributed by atoms with Crippen molar-refractivity contribution in [3.05, 3.63) is 29.9 Å². The fourth-order valence-corrected chi connectivity index (χ4v) is 3.73. The Hall–Kier alpha value is -2.29. The maximum absolute atomic E-state index is 4.54. The highest BCUT2D eigenvalue weighted by Gasteiger charge is 2.27. The Labute approximate surface area is 143 Å². The highest BCUT2D eigenvalue weighted by atomic mass is 32.1. The Morgan fingerprint density at radius 2 is 2.21 bits per heavy atom. The Balaban J connectivity index is 1.29. The Morgan fingerprint density at radius 1 is 1.25 bits per heavy atom. The molecule has 1 N–H and O–H groups in total. The van der Waals surface area contributed by atoms with E-state index in [2.05, 4.69) is 34.5 Å². The maximum Gasteiger partial charge on any atom is 0.207 e. The maximum atomic E-state index is 4.54. The molecule has 4 heterocycles. The van der Waals surface area contributed by atoms with Crippen molar-refractivity contribution >= 4 is 22.4 Å². The van der Waals surface area contributed by atoms with Crippen molar-refractivity contribution in [1.82, 2.24) is 33.9 Å². The molecule has 0 spiro atoms. The fourth-order valence-electron chi connectivity index (χ4n) is 3.06. The van der Waals surface area contributed by atoms with Crippen LogP contribution in [0.1, 0.15) is 49.1 Å². The molecule has 24 heavy (non-hydrogen) atoms. The second kappa shape index (κ2) is 5.66. The van der Waals surface area contributed by atoms with Gasteiger partial charge in [0.05, 0.1) is 11.9 Å². The molecule has 8 nitrogen and oxygen atoms in total. The zero-order chi connectivity index (χ0) is 15.9. The van der Waals surface area contributed by atoms with E-state index in [1.165, 1.54) is 37.2 Å². The molecule has 0 saturated heterocycles. The number of fused-ring (bicyclic) bond motifs is 1. The third kappa shape index (κ3) is 2.68. The van der Waals surface area contributed by atoms with E-state index in [-0.39, 0.29) is 0 Å². The van der Waals surface area contributed by atoms with Crippen LogP contribution in [-0.2, 0) is 19.5 Å². The number of nitrogens with one attached hydrogen (secondary N) is 1. The highest BCUT2D eigenvalue weighted by molar-refractivity contribution is 7.09. The first-order valence-electron chi connectivity index (χ1n) is 8.39. The average Bonchev–Trinajstić information content (AvgIpc) is 3.02. The zero-order valence-electron chi connectivity index (χ0n) is 13.2. The molecule has 3 aromatic heterocycles. The van der Waals surface area contributed by atoms with Crippen molar-refractivity contribution in [2.24, 2.45) is 0 Å². The second-order valence-corrected chi connectivity index (χ2v) is 7.18. The molecule has 2 aliphatic rings. The van der Waals surface area contributed by atoms with Gasteiger partial charge >= 0.3 is 0 Å². The van der Waals surface area contributed by atoms with E-state index in [4.69, 9.17) is 0 Å². The first-order valence-corrected chi connectivity index (χ1v) is 9.16. The van der Waals surface area contributed by atoms with Crippen molar-refractivity contribution in [2.45, 2.75) is 51.1 Å². The number of hydrogen-bond donors (Lipinski definition) is 1. The van der Waals surface area contributed by atoms with Crippen LogP contribution in [0.4, 0.5) is 10.8 Å². The quantitative estimate of drug-likeness (QED) is 0.766. The van der Waals surface area contributed by atoms with Crippen LogP contribution in [0, 0.1) is 0 Å². The van der Waals surface area contributed by atoms with Crippen LogP contribution in [-0.4, -0.2) is 33.9 Å². The standard InChI is InChI=1S/C15H18N8S/c1-2-6-23-12(3-1)19-20-13(23)9-22-8-11(7-16-22)17-15-18-14(21-24-15)10-4-5-10/h7-8,10H,1-6,9H2,(H,17,18,21). The zero-order valence-corrected chi connectivity index (χ0v) is 14.0. The molecule has 0 unspecified atom stereocenters. The molecular formula is C15H18N8S. The summed E-state index contributed by atoms with van der Waals surface area (Å²) in [7, 11) is 0. The Bertz CT molecular complexity index is 859. The van der Waals surface area contributed by atoms with Gasteiger partial charge in [-0.3, -0.25) is 4.68 Å². The number of nitrogens with zero attached hydrogens (tertiary/aromatic N) is 7. The molecule has 3 aromatic rings. The molecule has 0 radical (unpaired) electrons. The number of anilines is 2. The number of hydrogen-bond acceptors (Lipinski definition) is 7. The van der Waals surface area contributed by atoms with Gasteiger partial charge in [0.2, 0.25) is 5.13 Å². The summed E-state index contributed by atoms with van der Waals surface area (Å²) in [5, 5.41) is 17.2. The Kier molecular flexibility index (Phi) is 3.32. The summed E-state index contributed by atoms with van der Waals surface area (Å²) in [5.41, 5.74) is 0.923. The van der Waals surface area contributed by atoms with Gasteiger partial charge in [0.25, 0.3) is 0 Å². The summed E-state index contributed by atoms with van der Waals surface area (Å²) in [6, 6.07) is 0. The minimum Gasteiger partial charge on any atom is -0.328 e. The van der Waals surface area contributed by atoms with Gasteiger partial charge in [-0.15, -0.1) is 10.2 Å². The van der Waals surface area contributed by atoms with E-state index in [9.17, 15) is 0 Å². The lowest BCUT2D eigenvalue weighted by molar-refractivity contribution is 0.496. The van der Waals surface area contributed by atoms with Crippen molar-refractivity contribution in [3.8, 4) is 0 Å². The van der Waals surface area contributed by atoms with Crippen molar-refractivity contribution < 1.29 is 0 Å². The first kappa shape index (κ1) is 14.1. The largest absolute Gasteiger partial charge is 0.328 e. The van der Waals surface area contributed by atoms with Crippen LogP contribution in [0.25, 0.3) is 0 Å². The smallest absolute Gasteiger partial charge is 0.207 e. The van der Waals surface area contributed by atoms with E-state index in [1.54, 1.807) is 0 Å². The predicted molar refractivity (Wildman–Crippen MR) is 89.5 cm³/mol. The fraction of sp³-hybridized carbons (Fsp3) is 0.533. The highest BCUT2D eigenvalue weighted by Crippen LogP contribution is 2.39. The molecule has 1 aliphatic carbocycles. The summed E-state index contributed by atoms with van der Waals surface area (Å²) in [6.07, 6.45) is 9.66. The van der Waals surface area contributed by atoms with Crippen LogP contribution in [0.15, 0.2) is 12.4 Å². The molecule has 5 rings (SSSR count). The van der Waals surface area contributed by atoms with Crippen LogP contribution in [0.2, 0.25) is 0 Å². The van der Waals surface area contributed by atoms with E-state index < -0.39 is 0 Å². The van der Waals surface area contributed by atoms with E-state index in [0.29, 0.717) is 12.5 Å². The van der Waals surface area contributed by atoms with E-state index in [1.807, 2.05) is 17.1 Å². The number of aryl methyl sites for hydroxylation is 1. The van der Waals surface area contributed by atoms with Crippen LogP contribution >= 0.6 is 11.5 Å². The van der Waals surface area contributed by atoms with Gasteiger partial charge in [0, 0.05) is 36.6 Å². The van der Waals surface area contributed by atoms with Gasteiger partial charge < -0.3 is 9.88 Å². The molecule has 0 aromatic carbocycles. The normalized spacial score (nSPS) is 17.0. The summed E-state index contributed by atoms with van der Waals surface area (Å²) in [4.78, 5) is 4.54. The average molecular weight is 342 g/mol. The van der Waals surface area contributed by atoms with Gasteiger partial charge in [0.15, 0.2) is 5.82 Å². The van der Waals surface area contributed by atoms with Crippen LogP contribution in [0.5, 0.6) is 0 Å². The number of rotatable bonds is 5. The third-order valence-electron chi connectivity index (χ3n) is 4.51. The van der Waals surface area contributed by atoms with Gasteiger partial charge in [-0.25, -0.2) is 4.98 Å². The lowest BCUT2D eigenvalue weighted by Gasteiger charge is -2.14. The SMILES string of the molecule is c1nn(Cc2nnc3n2CCCC3)cc1Nc1nc(C2CC2)ns1. The molecule has 0 bridgehead atoms. The lowest BCUT2D eigenvalue weighted by Crippen LogP contribution is -2.15. The lowest BCUT2D eigenvalue weighted by atomic mass is 10.2. The van der Waals surface area contributed by atoms with Crippen LogP contribution < -0.4 is 5.32 Å². The van der Waals surface area contributed by atoms with Gasteiger partial charge in [-0.1, -0.05) is 0 Å². The summed E-state index contributed by atoms with van der Waals surface area (Å²) in [6.45, 7) is 1.65. The van der Waals surface area contributed by atoms with Crippen molar-refractivity contribution in [3.63, 3.8) is 0 Å². The summed E-state index contributed by atoms with van der Waals surface area (Å²) < 4.78 is 8.52. The molecule has 1 saturated carbocycles.